The molecule has 0 radical (unpaired) electrons. The van der Waals surface area contributed by atoms with E-state index in [0.717, 1.165) is 0 Å². The van der Waals surface area contributed by atoms with Crippen LogP contribution in [0.15, 0.2) is 60.7 Å². The molecule has 2 aromatic rings. The van der Waals surface area contributed by atoms with Gasteiger partial charge in [-0.1, -0.05) is 0 Å². The third-order valence-corrected chi connectivity index (χ3v) is 17.8. The van der Waals surface area contributed by atoms with Crippen molar-refractivity contribution < 1.29 is 46.1 Å². The molecular formula is C34H44Cl2Zr. The molecule has 3 heteroatoms. The standard InChI is InChI=1S/2C14H17.C6H10.2ClH.Zr/c2*1-3-6-11(2)13-10-9-12-7-4-5-8-14(12)13;1-2-4-6-5-3-1;;;/h2*4-5,7-11H,3,6H2,1-2H3;1-5H2;2*1H;/q;;;;;+2/p-2. The largest absolute Gasteiger partial charge is 1.00 e. The summed E-state index contributed by atoms with van der Waals surface area (Å²) in [7, 11) is 0. The summed E-state index contributed by atoms with van der Waals surface area (Å²) < 4.78 is 3.44. The molecule has 0 N–H and O–H groups in total. The fourth-order valence-corrected chi connectivity index (χ4v) is 17.3. The zero-order chi connectivity index (χ0) is 24.4. The van der Waals surface area contributed by atoms with Gasteiger partial charge in [0.25, 0.3) is 0 Å². The van der Waals surface area contributed by atoms with E-state index < -0.39 is 21.3 Å². The van der Waals surface area contributed by atoms with E-state index in [9.17, 15) is 0 Å². The van der Waals surface area contributed by atoms with Crippen molar-refractivity contribution in [3.63, 3.8) is 0 Å². The van der Waals surface area contributed by atoms with Crippen molar-refractivity contribution in [1.82, 2.24) is 0 Å². The number of halogens is 2. The molecule has 4 atom stereocenters. The summed E-state index contributed by atoms with van der Waals surface area (Å²) in [5.41, 5.74) is 9.86. The van der Waals surface area contributed by atoms with Gasteiger partial charge in [0.2, 0.25) is 0 Å². The van der Waals surface area contributed by atoms with Gasteiger partial charge in [0, 0.05) is 0 Å². The number of hydrogen-bond acceptors (Lipinski definition) is 0. The zero-order valence-corrected chi connectivity index (χ0v) is 27.2. The van der Waals surface area contributed by atoms with Crippen molar-refractivity contribution >= 4 is 14.4 Å². The Bertz CT molecular complexity index is 1070. The van der Waals surface area contributed by atoms with Crippen molar-refractivity contribution in [2.75, 3.05) is 0 Å². The minimum atomic E-state index is -2.12. The van der Waals surface area contributed by atoms with E-state index in [-0.39, 0.29) is 24.8 Å². The van der Waals surface area contributed by atoms with Crippen LogP contribution in [0.2, 0.25) is 0 Å². The molecule has 5 rings (SSSR count). The van der Waals surface area contributed by atoms with Crippen molar-refractivity contribution in [3.8, 4) is 0 Å². The second-order valence-electron chi connectivity index (χ2n) is 11.4. The van der Waals surface area contributed by atoms with Crippen LogP contribution in [0.5, 0.6) is 0 Å². The average molecular weight is 615 g/mol. The Kier molecular flexibility index (Phi) is 11.7. The van der Waals surface area contributed by atoms with Crippen molar-refractivity contribution in [2.24, 2.45) is 11.8 Å². The predicted molar refractivity (Wildman–Crippen MR) is 151 cm³/mol. The number of benzene rings is 2. The van der Waals surface area contributed by atoms with E-state index in [2.05, 4.69) is 88.4 Å². The molecule has 3 aliphatic carbocycles. The summed E-state index contributed by atoms with van der Waals surface area (Å²) in [5, 5.41) is 0. The fourth-order valence-electron chi connectivity index (χ4n) is 7.23. The molecule has 37 heavy (non-hydrogen) atoms. The first-order chi connectivity index (χ1) is 17.1. The van der Waals surface area contributed by atoms with Crippen LogP contribution in [0.4, 0.5) is 0 Å². The second-order valence-corrected chi connectivity index (χ2v) is 18.4. The molecule has 1 saturated carbocycles. The van der Waals surface area contributed by atoms with Crippen molar-refractivity contribution in [3.05, 3.63) is 82.9 Å². The van der Waals surface area contributed by atoms with Gasteiger partial charge in [-0.25, -0.2) is 0 Å². The van der Waals surface area contributed by atoms with Crippen LogP contribution >= 0.6 is 0 Å². The molecule has 0 spiro atoms. The van der Waals surface area contributed by atoms with E-state index in [4.69, 9.17) is 0 Å². The molecule has 0 heterocycles. The first-order valence-electron chi connectivity index (χ1n) is 14.5. The third-order valence-electron chi connectivity index (χ3n) is 8.95. The van der Waals surface area contributed by atoms with Crippen LogP contribution < -0.4 is 24.8 Å². The van der Waals surface area contributed by atoms with Gasteiger partial charge in [0.15, 0.2) is 0 Å². The van der Waals surface area contributed by atoms with Crippen LogP contribution in [0.1, 0.15) is 115 Å². The maximum atomic E-state index is 2.81. The summed E-state index contributed by atoms with van der Waals surface area (Å²) in [6.45, 7) is 9.63. The molecule has 0 nitrogen and oxygen atoms in total. The first kappa shape index (κ1) is 30.8. The maximum Gasteiger partial charge on any atom is -1.00 e. The molecule has 2 aromatic carbocycles. The predicted octanol–water partition coefficient (Wildman–Crippen LogP) is 3.90. The van der Waals surface area contributed by atoms with Gasteiger partial charge in [-0.15, -0.1) is 0 Å². The zero-order valence-electron chi connectivity index (χ0n) is 23.2. The Morgan fingerprint density at radius 1 is 0.676 bits per heavy atom. The summed E-state index contributed by atoms with van der Waals surface area (Å²) in [4.78, 5) is 0. The van der Waals surface area contributed by atoms with E-state index in [1.165, 1.54) is 57.8 Å². The van der Waals surface area contributed by atoms with Gasteiger partial charge in [-0.3, -0.25) is 0 Å². The van der Waals surface area contributed by atoms with Crippen LogP contribution in [0.3, 0.4) is 0 Å². The molecular weight excluding hydrogens is 571 g/mol. The van der Waals surface area contributed by atoms with Gasteiger partial charge < -0.3 is 24.8 Å². The van der Waals surface area contributed by atoms with Gasteiger partial charge >= 0.3 is 223 Å². The van der Waals surface area contributed by atoms with E-state index in [1.807, 2.05) is 3.21 Å². The number of rotatable bonds is 8. The summed E-state index contributed by atoms with van der Waals surface area (Å²) in [5.74, 6) is 1.33. The molecule has 4 unspecified atom stereocenters. The molecule has 3 aliphatic rings. The molecule has 1 fully saturated rings. The SMILES string of the molecule is CCCC(C)C1=C[CH]([Zr+2](=[C]2CCCCC2)[CH]2C=C(C(C)CCC)c3ccccc32)c2ccccc21.[Cl-].[Cl-]. The molecule has 198 valence electrons. The first-order valence-corrected chi connectivity index (χ1v) is 18.5. The Balaban J connectivity index is 0.00000190. The Hall–Kier alpha value is -0.747. The molecule has 0 aliphatic heterocycles. The molecule has 0 amide bonds. The van der Waals surface area contributed by atoms with Gasteiger partial charge in [0.1, 0.15) is 0 Å². The number of fused-ring (bicyclic) bond motifs is 2. The number of hydrogen-bond donors (Lipinski definition) is 0. The van der Waals surface area contributed by atoms with Crippen LogP contribution in [-0.4, -0.2) is 3.21 Å². The molecule has 0 bridgehead atoms. The van der Waals surface area contributed by atoms with Gasteiger partial charge in [-0.2, -0.15) is 0 Å². The maximum absolute atomic E-state index is 2.81. The quantitative estimate of drug-likeness (QED) is 0.424. The number of allylic oxidation sites excluding steroid dienone is 4. The summed E-state index contributed by atoms with van der Waals surface area (Å²) in [6, 6.07) is 19.0. The van der Waals surface area contributed by atoms with E-state index in [0.29, 0.717) is 19.1 Å². The second kappa shape index (κ2) is 14.1. The topological polar surface area (TPSA) is 0 Å². The van der Waals surface area contributed by atoms with Gasteiger partial charge in [-0.05, 0) is 0 Å². The van der Waals surface area contributed by atoms with Gasteiger partial charge in [0.05, 0.1) is 0 Å². The van der Waals surface area contributed by atoms with Crippen LogP contribution in [0, 0.1) is 11.8 Å². The monoisotopic (exact) mass is 612 g/mol. The Morgan fingerprint density at radius 2 is 1.11 bits per heavy atom. The summed E-state index contributed by atoms with van der Waals surface area (Å²) in [6.07, 6.45) is 17.9. The Labute approximate surface area is 246 Å². The normalized spacial score (nSPS) is 21.3. The molecule has 0 aromatic heterocycles. The minimum absolute atomic E-state index is 0. The Morgan fingerprint density at radius 3 is 1.54 bits per heavy atom. The third kappa shape index (κ3) is 6.21. The summed E-state index contributed by atoms with van der Waals surface area (Å²) >= 11 is -2.12. The molecule has 0 saturated heterocycles. The van der Waals surface area contributed by atoms with Crippen LogP contribution in [0.25, 0.3) is 11.1 Å². The minimum Gasteiger partial charge on any atom is -1.00 e. The fraction of sp³-hybridized carbons (Fsp3) is 0.500. The van der Waals surface area contributed by atoms with Crippen LogP contribution in [-0.2, 0) is 21.3 Å². The van der Waals surface area contributed by atoms with E-state index in [1.54, 1.807) is 33.4 Å². The smallest absolute Gasteiger partial charge is 1.00 e. The van der Waals surface area contributed by atoms with Crippen molar-refractivity contribution in [2.45, 2.75) is 92.7 Å². The average Bonchev–Trinajstić information content (AvgIpc) is 3.45. The van der Waals surface area contributed by atoms with Crippen molar-refractivity contribution in [1.29, 1.82) is 0 Å². The van der Waals surface area contributed by atoms with E-state index >= 15 is 0 Å².